The van der Waals surface area contributed by atoms with Gasteiger partial charge in [0, 0.05) is 43.6 Å². The van der Waals surface area contributed by atoms with Gasteiger partial charge < -0.3 is 34.2 Å². The molecule has 1 aliphatic heterocycles. The molecule has 5 aromatic rings. The minimum atomic E-state index is -1.33. The number of oxime groups is 1. The van der Waals surface area contributed by atoms with Crippen molar-refractivity contribution >= 4 is 33.2 Å². The highest BCUT2D eigenvalue weighted by molar-refractivity contribution is 6.03. The van der Waals surface area contributed by atoms with Gasteiger partial charge in [-0.1, -0.05) is 103 Å². The maximum absolute atomic E-state index is 15.0. The van der Waals surface area contributed by atoms with Crippen LogP contribution in [-0.4, -0.2) is 65.5 Å². The summed E-state index contributed by atoms with van der Waals surface area (Å²) in [5.74, 6) is 0.516. The zero-order chi connectivity index (χ0) is 42.6. The number of benzene rings is 5. The Morgan fingerprint density at radius 3 is 2.37 bits per heavy atom. The van der Waals surface area contributed by atoms with Gasteiger partial charge in [-0.05, 0) is 113 Å². The fourth-order valence-corrected chi connectivity index (χ4v) is 10.7. The van der Waals surface area contributed by atoms with E-state index < -0.39 is 17.7 Å². The Morgan fingerprint density at radius 1 is 0.871 bits per heavy atom. The molecule has 0 aromatic heterocycles. The van der Waals surface area contributed by atoms with Gasteiger partial charge in [0.15, 0.2) is 0 Å². The number of aliphatic hydroxyl groups excluding tert-OH is 2. The Hall–Kier alpha value is -5.48. The van der Waals surface area contributed by atoms with Crippen molar-refractivity contribution < 1.29 is 34.1 Å². The summed E-state index contributed by atoms with van der Waals surface area (Å²) in [5.41, 5.74) is 3.87. The van der Waals surface area contributed by atoms with Crippen molar-refractivity contribution in [3.8, 4) is 17.2 Å². The molecule has 9 nitrogen and oxygen atoms in total. The second kappa shape index (κ2) is 18.5. The monoisotopic (exact) mass is 834 g/mol. The molecule has 4 aliphatic rings. The molecule has 0 saturated heterocycles. The largest absolute Gasteiger partial charge is 0.459 e. The first-order valence-electron chi connectivity index (χ1n) is 22.5. The van der Waals surface area contributed by atoms with Crippen LogP contribution in [0, 0.1) is 23.7 Å². The quantitative estimate of drug-likeness (QED) is 0.0514. The summed E-state index contributed by atoms with van der Waals surface area (Å²) in [6.07, 6.45) is 11.0. The van der Waals surface area contributed by atoms with E-state index in [1.54, 1.807) is 13.2 Å². The summed E-state index contributed by atoms with van der Waals surface area (Å²) >= 11 is 0. The number of unbranched alkanes of at least 4 members (excludes halogenated alkanes) is 2. The molecule has 0 spiro atoms. The molecule has 9 rings (SSSR count). The maximum atomic E-state index is 15.0. The number of fused-ring (bicyclic) bond motifs is 4. The molecule has 0 bridgehead atoms. The van der Waals surface area contributed by atoms with Crippen LogP contribution in [0.1, 0.15) is 74.8 Å². The van der Waals surface area contributed by atoms with Gasteiger partial charge in [0.2, 0.25) is 11.7 Å². The van der Waals surface area contributed by atoms with E-state index in [0.29, 0.717) is 37.3 Å². The lowest BCUT2D eigenvalue weighted by Gasteiger charge is -2.60. The lowest BCUT2D eigenvalue weighted by Crippen LogP contribution is -2.70. The third-order valence-corrected chi connectivity index (χ3v) is 13.6. The van der Waals surface area contributed by atoms with Crippen LogP contribution in [0.4, 0.5) is 0 Å². The fraction of sp³-hybridized carbons (Fsp3) is 0.396. The lowest BCUT2D eigenvalue weighted by molar-refractivity contribution is -0.258. The van der Waals surface area contributed by atoms with Crippen molar-refractivity contribution in [2.75, 3.05) is 26.9 Å². The highest BCUT2D eigenvalue weighted by Gasteiger charge is 2.66. The van der Waals surface area contributed by atoms with E-state index in [1.165, 1.54) is 0 Å². The maximum Gasteiger partial charge on any atom is 0.239 e. The van der Waals surface area contributed by atoms with Crippen molar-refractivity contribution in [3.63, 3.8) is 0 Å². The van der Waals surface area contributed by atoms with Gasteiger partial charge in [0.1, 0.15) is 30.4 Å². The third kappa shape index (κ3) is 8.14. The van der Waals surface area contributed by atoms with Crippen molar-refractivity contribution in [1.82, 2.24) is 4.90 Å². The molecule has 0 radical (unpaired) electrons. The summed E-state index contributed by atoms with van der Waals surface area (Å²) in [5, 5.41) is 29.2. The van der Waals surface area contributed by atoms with E-state index in [1.807, 2.05) is 47.4 Å². The average molecular weight is 835 g/mol. The molecule has 2 N–H and O–H groups in total. The van der Waals surface area contributed by atoms with Crippen LogP contribution in [0.2, 0.25) is 0 Å². The number of allylic oxidation sites excluding steroid dienone is 1. The van der Waals surface area contributed by atoms with Crippen LogP contribution < -0.4 is 9.47 Å². The predicted molar refractivity (Wildman–Crippen MR) is 243 cm³/mol. The molecule has 2 saturated carbocycles. The molecule has 1 amide bonds. The van der Waals surface area contributed by atoms with Crippen LogP contribution in [0.25, 0.3) is 21.5 Å². The Labute approximate surface area is 364 Å². The number of rotatable bonds is 18. The molecule has 5 aromatic carbocycles. The third-order valence-electron chi connectivity index (χ3n) is 13.6. The summed E-state index contributed by atoms with van der Waals surface area (Å²) in [6, 6.07) is 34.6. The number of nitrogens with zero attached hydrogens (tertiary/aromatic N) is 2. The number of ether oxygens (including phenoxy) is 3. The van der Waals surface area contributed by atoms with Crippen molar-refractivity contribution in [3.05, 3.63) is 139 Å². The first-order chi connectivity index (χ1) is 30.5. The van der Waals surface area contributed by atoms with Gasteiger partial charge in [0.25, 0.3) is 0 Å². The van der Waals surface area contributed by atoms with Crippen LogP contribution >= 0.6 is 0 Å². The smallest absolute Gasteiger partial charge is 0.239 e. The zero-order valence-corrected chi connectivity index (χ0v) is 35.7. The molecular formula is C53H58N2O7. The number of carbonyl (C=O) groups excluding carboxylic acids is 1. The van der Waals surface area contributed by atoms with Gasteiger partial charge in [-0.15, -0.1) is 6.58 Å². The lowest BCUT2D eigenvalue weighted by atomic mass is 9.55. The summed E-state index contributed by atoms with van der Waals surface area (Å²) < 4.78 is 21.4. The number of hydrogen-bond acceptors (Lipinski definition) is 8. The Bertz CT molecular complexity index is 2470. The van der Waals surface area contributed by atoms with Crippen molar-refractivity contribution in [2.45, 2.75) is 82.1 Å². The van der Waals surface area contributed by atoms with Crippen LogP contribution in [0.3, 0.4) is 0 Å². The summed E-state index contributed by atoms with van der Waals surface area (Å²) in [6.45, 7) is 4.92. The van der Waals surface area contributed by atoms with Gasteiger partial charge >= 0.3 is 0 Å². The standard InChI is InChI=1S/C53H58N2O7/c1-3-29-60-53-49(55(52(58)37-21-22-37)34-40-18-12-17-36-14-6-7-19-43(36)40)33-47(54-59-2)45-31-39(16-8-10-27-56)44(20-9-11-28-57)50(51(45)53)46-32-42(25-26-48(46)62-53)61-41-24-23-35-13-4-5-15-38(35)30-41/h3-7,12-15,17-19,23-26,30-32,37,39,44,49-51,56-57H,1,8-11,16,20-22,27-29,33-34H2,2H3. The highest BCUT2D eigenvalue weighted by Crippen LogP contribution is 2.62. The van der Waals surface area contributed by atoms with E-state index in [4.69, 9.17) is 24.2 Å². The number of aliphatic hydroxyl groups is 2. The first kappa shape index (κ1) is 41.9. The van der Waals surface area contributed by atoms with Gasteiger partial charge in [-0.3, -0.25) is 4.79 Å². The number of hydrogen-bond donors (Lipinski definition) is 2. The fourth-order valence-electron chi connectivity index (χ4n) is 10.7. The Morgan fingerprint density at radius 2 is 1.60 bits per heavy atom. The van der Waals surface area contributed by atoms with E-state index in [9.17, 15) is 15.0 Å². The number of amides is 1. The predicted octanol–water partition coefficient (Wildman–Crippen LogP) is 10.5. The average Bonchev–Trinajstić information content (AvgIpc) is 4.15. The minimum Gasteiger partial charge on any atom is -0.459 e. The molecule has 322 valence electrons. The highest BCUT2D eigenvalue weighted by atomic mass is 16.7. The molecule has 2 fully saturated rings. The van der Waals surface area contributed by atoms with Gasteiger partial charge in [0.05, 0.1) is 18.2 Å². The topological polar surface area (TPSA) is 110 Å². The van der Waals surface area contributed by atoms with E-state index in [0.717, 1.165) is 88.2 Å². The Balaban J connectivity index is 1.23. The van der Waals surface area contributed by atoms with Gasteiger partial charge in [-0.25, -0.2) is 0 Å². The SMILES string of the molecule is C=CCOC12Oc3ccc(Oc4ccc5ccccc5c4)cc3C3C(CCCCO)C(CCCCO)C=C(C(=NOC)CC1N(Cc1cccc4ccccc14)C(=O)C1CC1)C32. The molecule has 62 heavy (non-hydrogen) atoms. The van der Waals surface area contributed by atoms with Crippen LogP contribution in [0.5, 0.6) is 17.2 Å². The van der Waals surface area contributed by atoms with Crippen LogP contribution in [-0.2, 0) is 20.9 Å². The molecular weight excluding hydrogens is 777 g/mol. The van der Waals surface area contributed by atoms with E-state index >= 15 is 0 Å². The normalized spacial score (nSPS) is 24.5. The second-order valence-electron chi connectivity index (χ2n) is 17.4. The van der Waals surface area contributed by atoms with Crippen LogP contribution in [0.15, 0.2) is 133 Å². The first-order valence-corrected chi connectivity index (χ1v) is 22.5. The molecule has 3 aliphatic carbocycles. The molecule has 9 heteroatoms. The zero-order valence-electron chi connectivity index (χ0n) is 35.7. The van der Waals surface area contributed by atoms with Crippen molar-refractivity contribution in [1.29, 1.82) is 0 Å². The number of carbonyl (C=O) groups is 1. The van der Waals surface area contributed by atoms with Crippen molar-refractivity contribution in [2.24, 2.45) is 28.8 Å². The molecule has 6 atom stereocenters. The van der Waals surface area contributed by atoms with Gasteiger partial charge in [-0.2, -0.15) is 0 Å². The Kier molecular flexibility index (Phi) is 12.5. The minimum absolute atomic E-state index is 0.0730. The molecule has 1 heterocycles. The molecule has 6 unspecified atom stereocenters. The van der Waals surface area contributed by atoms with E-state index in [2.05, 4.69) is 73.3 Å². The summed E-state index contributed by atoms with van der Waals surface area (Å²) in [7, 11) is 1.58. The summed E-state index contributed by atoms with van der Waals surface area (Å²) in [4.78, 5) is 22.7. The second-order valence-corrected chi connectivity index (χ2v) is 17.4. The van der Waals surface area contributed by atoms with E-state index in [-0.39, 0.29) is 49.4 Å².